The number of aromatic nitrogens is 1. The van der Waals surface area contributed by atoms with Gasteiger partial charge in [0.15, 0.2) is 0 Å². The normalized spacial score (nSPS) is 15.9. The highest BCUT2D eigenvalue weighted by Gasteiger charge is 2.23. The second-order valence-corrected chi connectivity index (χ2v) is 6.74. The van der Waals surface area contributed by atoms with Gasteiger partial charge >= 0.3 is 0 Å². The lowest BCUT2D eigenvalue weighted by molar-refractivity contribution is 0.381. The zero-order valence-corrected chi connectivity index (χ0v) is 12.8. The Hall–Kier alpha value is -0.410. The predicted molar refractivity (Wildman–Crippen MR) is 76.7 cm³/mol. The molecule has 0 fully saturated rings. The molecule has 0 saturated carbocycles. The van der Waals surface area contributed by atoms with Gasteiger partial charge in [0.1, 0.15) is 5.01 Å². The van der Waals surface area contributed by atoms with E-state index in [4.69, 9.17) is 4.98 Å². The zero-order valence-electron chi connectivity index (χ0n) is 12.0. The van der Waals surface area contributed by atoms with Crippen molar-refractivity contribution >= 4 is 11.3 Å². The predicted octanol–water partition coefficient (Wildman–Crippen LogP) is 4.14. The van der Waals surface area contributed by atoms with Gasteiger partial charge in [0.2, 0.25) is 0 Å². The van der Waals surface area contributed by atoms with Crippen molar-refractivity contribution in [2.45, 2.75) is 58.9 Å². The molecule has 2 unspecified atom stereocenters. The molecule has 2 nitrogen and oxygen atoms in total. The van der Waals surface area contributed by atoms with Gasteiger partial charge in [-0.05, 0) is 19.4 Å². The summed E-state index contributed by atoms with van der Waals surface area (Å²) in [5.74, 6) is 0.643. The fourth-order valence-corrected chi connectivity index (χ4v) is 3.33. The molecular weight excluding hydrogens is 228 g/mol. The number of nitrogens with one attached hydrogen (secondary N) is 1. The summed E-state index contributed by atoms with van der Waals surface area (Å²) in [4.78, 5) is 4.81. The molecule has 0 aliphatic rings. The van der Waals surface area contributed by atoms with E-state index in [0.717, 1.165) is 0 Å². The Bertz CT molecular complexity index is 338. The molecule has 0 radical (unpaired) electrons. The van der Waals surface area contributed by atoms with E-state index >= 15 is 0 Å². The average Bonchev–Trinajstić information content (AvgIpc) is 2.68. The van der Waals surface area contributed by atoms with E-state index in [-0.39, 0.29) is 5.41 Å². The second kappa shape index (κ2) is 5.96. The molecule has 1 rings (SSSR count). The van der Waals surface area contributed by atoms with Crippen molar-refractivity contribution in [1.82, 2.24) is 10.3 Å². The van der Waals surface area contributed by atoms with Crippen LogP contribution in [0.3, 0.4) is 0 Å². The molecular formula is C14H26N2S. The van der Waals surface area contributed by atoms with Crippen LogP contribution >= 0.6 is 11.3 Å². The van der Waals surface area contributed by atoms with Crippen molar-refractivity contribution in [3.05, 3.63) is 16.1 Å². The van der Waals surface area contributed by atoms with Crippen molar-refractivity contribution < 1.29 is 0 Å². The summed E-state index contributed by atoms with van der Waals surface area (Å²) in [6, 6.07) is 0.399. The topological polar surface area (TPSA) is 24.9 Å². The van der Waals surface area contributed by atoms with Crippen molar-refractivity contribution in [2.24, 2.45) is 5.92 Å². The highest BCUT2D eigenvalue weighted by atomic mass is 32.1. The minimum Gasteiger partial charge on any atom is -0.311 e. The largest absolute Gasteiger partial charge is 0.311 e. The van der Waals surface area contributed by atoms with Crippen molar-refractivity contribution in [1.29, 1.82) is 0 Å². The first kappa shape index (κ1) is 14.7. The minimum absolute atomic E-state index is 0.154. The molecule has 3 heteroatoms. The lowest BCUT2D eigenvalue weighted by Gasteiger charge is -2.21. The van der Waals surface area contributed by atoms with Crippen LogP contribution < -0.4 is 5.32 Å². The van der Waals surface area contributed by atoms with Gasteiger partial charge in [-0.15, -0.1) is 11.3 Å². The quantitative estimate of drug-likeness (QED) is 0.854. The van der Waals surface area contributed by atoms with Crippen LogP contribution in [0.25, 0.3) is 0 Å². The third-order valence-electron chi connectivity index (χ3n) is 3.18. The molecule has 0 aliphatic carbocycles. The third-order valence-corrected chi connectivity index (χ3v) is 4.11. The van der Waals surface area contributed by atoms with Crippen LogP contribution in [0.15, 0.2) is 5.38 Å². The Morgan fingerprint density at radius 1 is 1.41 bits per heavy atom. The van der Waals surface area contributed by atoms with Gasteiger partial charge in [-0.2, -0.15) is 0 Å². The highest BCUT2D eigenvalue weighted by molar-refractivity contribution is 7.09. The van der Waals surface area contributed by atoms with Crippen LogP contribution in [0, 0.1) is 5.92 Å². The maximum Gasteiger partial charge on any atom is 0.110 e. The van der Waals surface area contributed by atoms with E-state index in [9.17, 15) is 0 Å². The van der Waals surface area contributed by atoms with Gasteiger partial charge in [-0.1, -0.05) is 41.0 Å². The molecule has 1 aromatic heterocycles. The maximum atomic E-state index is 4.81. The fraction of sp³-hybridized carbons (Fsp3) is 0.786. The molecule has 0 aliphatic heterocycles. The third kappa shape index (κ3) is 3.78. The van der Waals surface area contributed by atoms with Crippen molar-refractivity contribution in [3.8, 4) is 0 Å². The monoisotopic (exact) mass is 254 g/mol. The number of nitrogens with zero attached hydrogens (tertiary/aromatic N) is 1. The van der Waals surface area contributed by atoms with E-state index in [0.29, 0.717) is 12.0 Å². The van der Waals surface area contributed by atoms with Crippen LogP contribution in [0.5, 0.6) is 0 Å². The van der Waals surface area contributed by atoms with Gasteiger partial charge < -0.3 is 5.32 Å². The molecule has 1 heterocycles. The standard InChI is InChI=1S/C14H26N2S/c1-7-8-10(2)12(15-6)13-16-11(9-17-13)14(3,4)5/h9-10,12,15H,7-8H2,1-6H3. The van der Waals surface area contributed by atoms with Gasteiger partial charge in [0, 0.05) is 10.8 Å². The Labute approximate surface area is 110 Å². The first-order valence-electron chi connectivity index (χ1n) is 6.53. The van der Waals surface area contributed by atoms with Crippen LogP contribution in [0.2, 0.25) is 0 Å². The number of rotatable bonds is 5. The van der Waals surface area contributed by atoms with Crippen molar-refractivity contribution in [3.63, 3.8) is 0 Å². The highest BCUT2D eigenvalue weighted by Crippen LogP contribution is 2.31. The van der Waals surface area contributed by atoms with Crippen LogP contribution in [-0.2, 0) is 5.41 Å². The molecule has 0 bridgehead atoms. The summed E-state index contributed by atoms with van der Waals surface area (Å²) in [6.07, 6.45) is 2.48. The van der Waals surface area contributed by atoms with Gasteiger partial charge in [0.25, 0.3) is 0 Å². The van der Waals surface area contributed by atoms with Gasteiger partial charge in [-0.25, -0.2) is 4.98 Å². The fourth-order valence-electron chi connectivity index (χ4n) is 2.05. The summed E-state index contributed by atoms with van der Waals surface area (Å²) in [5, 5.41) is 6.86. The number of hydrogen-bond donors (Lipinski definition) is 1. The van der Waals surface area contributed by atoms with E-state index < -0.39 is 0 Å². The summed E-state index contributed by atoms with van der Waals surface area (Å²) >= 11 is 1.79. The van der Waals surface area contributed by atoms with Gasteiger partial charge in [-0.3, -0.25) is 0 Å². The molecule has 98 valence electrons. The van der Waals surface area contributed by atoms with E-state index in [1.165, 1.54) is 23.5 Å². The smallest absolute Gasteiger partial charge is 0.110 e. The molecule has 0 saturated heterocycles. The molecule has 1 N–H and O–H groups in total. The zero-order chi connectivity index (χ0) is 13.1. The van der Waals surface area contributed by atoms with E-state index in [1.54, 1.807) is 11.3 Å². The van der Waals surface area contributed by atoms with E-state index in [1.807, 2.05) is 7.05 Å². The average molecular weight is 254 g/mol. The molecule has 0 spiro atoms. The molecule has 0 aromatic carbocycles. The maximum absolute atomic E-state index is 4.81. The van der Waals surface area contributed by atoms with Gasteiger partial charge in [0.05, 0.1) is 11.7 Å². The Balaban J connectivity index is 2.86. The first-order chi connectivity index (χ1) is 7.90. The summed E-state index contributed by atoms with van der Waals surface area (Å²) in [6.45, 7) is 11.2. The Kier molecular flexibility index (Phi) is 5.14. The van der Waals surface area contributed by atoms with Crippen LogP contribution in [0.4, 0.5) is 0 Å². The summed E-state index contributed by atoms with van der Waals surface area (Å²) in [5.41, 5.74) is 1.36. The Morgan fingerprint density at radius 3 is 2.47 bits per heavy atom. The molecule has 0 amide bonds. The molecule has 2 atom stereocenters. The molecule has 17 heavy (non-hydrogen) atoms. The lowest BCUT2D eigenvalue weighted by atomic mass is 9.93. The summed E-state index contributed by atoms with van der Waals surface area (Å²) in [7, 11) is 2.04. The summed E-state index contributed by atoms with van der Waals surface area (Å²) < 4.78 is 0. The van der Waals surface area contributed by atoms with Crippen LogP contribution in [0.1, 0.15) is 64.2 Å². The minimum atomic E-state index is 0.154. The number of thiazole rings is 1. The number of hydrogen-bond acceptors (Lipinski definition) is 3. The van der Waals surface area contributed by atoms with Crippen molar-refractivity contribution in [2.75, 3.05) is 7.05 Å². The Morgan fingerprint density at radius 2 is 2.06 bits per heavy atom. The lowest BCUT2D eigenvalue weighted by Crippen LogP contribution is -2.23. The first-order valence-corrected chi connectivity index (χ1v) is 7.41. The van der Waals surface area contributed by atoms with Crippen LogP contribution in [-0.4, -0.2) is 12.0 Å². The molecule has 1 aromatic rings. The second-order valence-electron chi connectivity index (χ2n) is 5.85. The van der Waals surface area contributed by atoms with E-state index in [2.05, 4.69) is 45.3 Å². The SMILES string of the molecule is CCCC(C)C(NC)c1nc(C(C)(C)C)cs1.